The van der Waals surface area contributed by atoms with Crippen LogP contribution >= 0.6 is 0 Å². The van der Waals surface area contributed by atoms with Crippen molar-refractivity contribution in [3.8, 4) is 0 Å². The number of nitrogens with two attached hydrogens (primary N) is 1. The third-order valence-corrected chi connectivity index (χ3v) is 4.45. The summed E-state index contributed by atoms with van der Waals surface area (Å²) in [5.74, 6) is 0.213. The molecule has 1 aromatic carbocycles. The minimum absolute atomic E-state index is 0.213. The normalized spacial score (nSPS) is 18.4. The molecule has 0 fully saturated rings. The zero-order chi connectivity index (χ0) is 13.9. The van der Waals surface area contributed by atoms with E-state index in [9.17, 15) is 4.79 Å². The molecule has 1 aliphatic heterocycles. The summed E-state index contributed by atoms with van der Waals surface area (Å²) >= 11 is 0. The molecule has 0 aromatic heterocycles. The molecule has 0 saturated heterocycles. The highest BCUT2D eigenvalue weighted by atomic mass is 16.2. The monoisotopic (exact) mass is 260 g/mol. The van der Waals surface area contributed by atoms with Crippen LogP contribution in [0.15, 0.2) is 24.3 Å². The van der Waals surface area contributed by atoms with Gasteiger partial charge >= 0.3 is 0 Å². The van der Waals surface area contributed by atoms with E-state index in [2.05, 4.69) is 24.3 Å². The largest absolute Gasteiger partial charge is 0.342 e. The zero-order valence-corrected chi connectivity index (χ0v) is 12.0. The van der Waals surface area contributed by atoms with E-state index in [1.807, 2.05) is 18.7 Å². The van der Waals surface area contributed by atoms with Gasteiger partial charge in [-0.15, -0.1) is 0 Å². The van der Waals surface area contributed by atoms with Crippen molar-refractivity contribution in [3.63, 3.8) is 0 Å². The third kappa shape index (κ3) is 2.81. The Morgan fingerprint density at radius 3 is 2.21 bits per heavy atom. The fraction of sp³-hybridized carbons (Fsp3) is 0.562. The van der Waals surface area contributed by atoms with Gasteiger partial charge in [-0.25, -0.2) is 0 Å². The molecule has 1 heterocycles. The smallest absolute Gasteiger partial charge is 0.229 e. The predicted octanol–water partition coefficient (Wildman–Crippen LogP) is 1.99. The first kappa shape index (κ1) is 14.1. The van der Waals surface area contributed by atoms with Crippen molar-refractivity contribution in [2.45, 2.75) is 33.1 Å². The molecule has 19 heavy (non-hydrogen) atoms. The SMILES string of the molecule is CCC(C)(CN)C(=O)N1CCc2ccccc2CC1. The van der Waals surface area contributed by atoms with Crippen LogP contribution in [0.25, 0.3) is 0 Å². The average Bonchev–Trinajstić information content (AvgIpc) is 2.68. The summed E-state index contributed by atoms with van der Waals surface area (Å²) in [6.45, 7) is 6.06. The van der Waals surface area contributed by atoms with E-state index in [-0.39, 0.29) is 5.91 Å². The Balaban J connectivity index is 2.12. The van der Waals surface area contributed by atoms with Crippen LogP contribution in [0, 0.1) is 5.41 Å². The van der Waals surface area contributed by atoms with Crippen molar-refractivity contribution in [3.05, 3.63) is 35.4 Å². The van der Waals surface area contributed by atoms with Crippen LogP contribution in [0.1, 0.15) is 31.4 Å². The maximum absolute atomic E-state index is 12.6. The Hall–Kier alpha value is -1.35. The van der Waals surface area contributed by atoms with E-state index >= 15 is 0 Å². The summed E-state index contributed by atoms with van der Waals surface area (Å²) in [7, 11) is 0. The molecule has 1 atom stereocenters. The fourth-order valence-corrected chi connectivity index (χ4v) is 2.64. The molecule has 0 aliphatic carbocycles. The number of carbonyl (C=O) groups is 1. The molecule has 0 radical (unpaired) electrons. The van der Waals surface area contributed by atoms with Gasteiger partial charge in [-0.1, -0.05) is 31.2 Å². The van der Waals surface area contributed by atoms with Crippen LogP contribution in [0.3, 0.4) is 0 Å². The molecule has 3 nitrogen and oxygen atoms in total. The second-order valence-corrected chi connectivity index (χ2v) is 5.68. The second kappa shape index (κ2) is 5.74. The average molecular weight is 260 g/mol. The van der Waals surface area contributed by atoms with Crippen LogP contribution in [0.2, 0.25) is 0 Å². The number of benzene rings is 1. The molecule has 1 aliphatic rings. The highest BCUT2D eigenvalue weighted by Gasteiger charge is 2.34. The first-order chi connectivity index (χ1) is 9.10. The molecule has 1 aromatic rings. The van der Waals surface area contributed by atoms with Crippen molar-refractivity contribution >= 4 is 5.91 Å². The number of fused-ring (bicyclic) bond motifs is 1. The standard InChI is InChI=1S/C16H24N2O/c1-3-16(2,12-17)15(19)18-10-8-13-6-4-5-7-14(13)9-11-18/h4-7H,3,8-12,17H2,1-2H3. The van der Waals surface area contributed by atoms with E-state index in [0.717, 1.165) is 32.4 Å². The fourth-order valence-electron chi connectivity index (χ4n) is 2.64. The van der Waals surface area contributed by atoms with Crippen molar-refractivity contribution in [2.24, 2.45) is 11.1 Å². The molecule has 3 heteroatoms. The van der Waals surface area contributed by atoms with Gasteiger partial charge in [-0.2, -0.15) is 0 Å². The molecule has 1 amide bonds. The Morgan fingerprint density at radius 1 is 1.26 bits per heavy atom. The van der Waals surface area contributed by atoms with Crippen LogP contribution in [-0.2, 0) is 17.6 Å². The van der Waals surface area contributed by atoms with Crippen molar-refractivity contribution in [1.82, 2.24) is 4.90 Å². The molecular weight excluding hydrogens is 236 g/mol. The lowest BCUT2D eigenvalue weighted by molar-refractivity contribution is -0.140. The van der Waals surface area contributed by atoms with Gasteiger partial charge in [-0.3, -0.25) is 4.79 Å². The number of amides is 1. The van der Waals surface area contributed by atoms with Gasteiger partial charge in [0.15, 0.2) is 0 Å². The number of hydrogen-bond donors (Lipinski definition) is 1. The molecule has 2 rings (SSSR count). The van der Waals surface area contributed by atoms with Crippen molar-refractivity contribution in [1.29, 1.82) is 0 Å². The van der Waals surface area contributed by atoms with E-state index < -0.39 is 5.41 Å². The molecule has 0 spiro atoms. The summed E-state index contributed by atoms with van der Waals surface area (Å²) in [4.78, 5) is 14.6. The van der Waals surface area contributed by atoms with Crippen molar-refractivity contribution in [2.75, 3.05) is 19.6 Å². The molecular formula is C16H24N2O. The number of hydrogen-bond acceptors (Lipinski definition) is 2. The van der Waals surface area contributed by atoms with Crippen molar-refractivity contribution < 1.29 is 4.79 Å². The first-order valence-corrected chi connectivity index (χ1v) is 7.17. The molecule has 104 valence electrons. The summed E-state index contributed by atoms with van der Waals surface area (Å²) < 4.78 is 0. The summed E-state index contributed by atoms with van der Waals surface area (Å²) in [6.07, 6.45) is 2.70. The zero-order valence-electron chi connectivity index (χ0n) is 12.0. The molecule has 1 unspecified atom stereocenters. The van der Waals surface area contributed by atoms with Gasteiger partial charge in [0, 0.05) is 19.6 Å². The lowest BCUT2D eigenvalue weighted by Gasteiger charge is -2.32. The highest BCUT2D eigenvalue weighted by Crippen LogP contribution is 2.25. The first-order valence-electron chi connectivity index (χ1n) is 7.17. The maximum atomic E-state index is 12.6. The van der Waals surface area contributed by atoms with Gasteiger partial charge in [0.2, 0.25) is 5.91 Å². The van der Waals surface area contributed by atoms with Gasteiger partial charge < -0.3 is 10.6 Å². The Kier molecular flexibility index (Phi) is 4.25. The summed E-state index contributed by atoms with van der Waals surface area (Å²) in [6, 6.07) is 8.50. The third-order valence-electron chi connectivity index (χ3n) is 4.45. The van der Waals surface area contributed by atoms with Gasteiger partial charge in [0.05, 0.1) is 5.41 Å². The molecule has 2 N–H and O–H groups in total. The molecule has 0 saturated carbocycles. The minimum Gasteiger partial charge on any atom is -0.342 e. The quantitative estimate of drug-likeness (QED) is 0.903. The highest BCUT2D eigenvalue weighted by molar-refractivity contribution is 5.82. The lowest BCUT2D eigenvalue weighted by atomic mass is 9.86. The Morgan fingerprint density at radius 2 is 1.79 bits per heavy atom. The Bertz CT molecular complexity index is 425. The van der Waals surface area contributed by atoms with Gasteiger partial charge in [0.25, 0.3) is 0 Å². The van der Waals surface area contributed by atoms with E-state index in [1.165, 1.54) is 11.1 Å². The Labute approximate surface area is 115 Å². The van der Waals surface area contributed by atoms with E-state index in [1.54, 1.807) is 0 Å². The number of rotatable bonds is 3. The van der Waals surface area contributed by atoms with Crippen LogP contribution < -0.4 is 5.73 Å². The predicted molar refractivity (Wildman–Crippen MR) is 77.9 cm³/mol. The van der Waals surface area contributed by atoms with Gasteiger partial charge in [0.1, 0.15) is 0 Å². The number of carbonyl (C=O) groups excluding carboxylic acids is 1. The molecule has 0 bridgehead atoms. The topological polar surface area (TPSA) is 46.3 Å². The minimum atomic E-state index is -0.406. The van der Waals surface area contributed by atoms with E-state index in [0.29, 0.717) is 6.54 Å². The van der Waals surface area contributed by atoms with Gasteiger partial charge in [-0.05, 0) is 37.3 Å². The lowest BCUT2D eigenvalue weighted by Crippen LogP contribution is -2.47. The summed E-state index contributed by atoms with van der Waals surface area (Å²) in [5.41, 5.74) is 8.15. The second-order valence-electron chi connectivity index (χ2n) is 5.68. The maximum Gasteiger partial charge on any atom is 0.229 e. The van der Waals surface area contributed by atoms with Crippen LogP contribution in [0.4, 0.5) is 0 Å². The van der Waals surface area contributed by atoms with Crippen LogP contribution in [-0.4, -0.2) is 30.4 Å². The van der Waals surface area contributed by atoms with Crippen LogP contribution in [0.5, 0.6) is 0 Å². The number of nitrogens with zero attached hydrogens (tertiary/aromatic N) is 1. The summed E-state index contributed by atoms with van der Waals surface area (Å²) in [5, 5.41) is 0. The van der Waals surface area contributed by atoms with E-state index in [4.69, 9.17) is 5.73 Å².